The van der Waals surface area contributed by atoms with Gasteiger partial charge < -0.3 is 30.5 Å². The summed E-state index contributed by atoms with van der Waals surface area (Å²) >= 11 is 0. The minimum Gasteiger partial charge on any atom is -0.495 e. The van der Waals surface area contributed by atoms with E-state index in [9.17, 15) is 9.90 Å². The van der Waals surface area contributed by atoms with Crippen LogP contribution in [-0.2, 0) is 4.79 Å². The molecule has 1 aromatic rings. The summed E-state index contributed by atoms with van der Waals surface area (Å²) in [5, 5.41) is 18.2. The van der Waals surface area contributed by atoms with E-state index in [-0.39, 0.29) is 0 Å². The molecule has 0 bridgehead atoms. The van der Waals surface area contributed by atoms with Gasteiger partial charge in [-0.05, 0) is 12.1 Å². The van der Waals surface area contributed by atoms with Crippen LogP contribution >= 0.6 is 0 Å². The fraction of sp³-hybridized carbons (Fsp3) is 0.500. The van der Waals surface area contributed by atoms with Gasteiger partial charge in [-0.25, -0.2) is 0 Å². The minimum atomic E-state index is -1.33. The summed E-state index contributed by atoms with van der Waals surface area (Å²) in [5.41, 5.74) is 7.36. The zero-order valence-corrected chi connectivity index (χ0v) is 12.0. The van der Waals surface area contributed by atoms with Crippen molar-refractivity contribution in [2.24, 2.45) is 0 Å². The van der Waals surface area contributed by atoms with Crippen molar-refractivity contribution in [2.75, 3.05) is 50.5 Å². The molecule has 4 N–H and O–H groups in total. The van der Waals surface area contributed by atoms with E-state index in [4.69, 9.17) is 15.6 Å². The molecule has 0 radical (unpaired) electrons. The third-order valence-corrected chi connectivity index (χ3v) is 3.63. The Labute approximate surface area is 123 Å². The molecule has 1 aromatic carbocycles. The van der Waals surface area contributed by atoms with Crippen molar-refractivity contribution in [1.82, 2.24) is 4.90 Å². The Morgan fingerprint density at radius 1 is 1.38 bits per heavy atom. The molecule has 1 fully saturated rings. The van der Waals surface area contributed by atoms with Gasteiger partial charge in [0.15, 0.2) is 6.10 Å². The van der Waals surface area contributed by atoms with Gasteiger partial charge in [-0.1, -0.05) is 0 Å². The first-order valence-corrected chi connectivity index (χ1v) is 6.83. The highest BCUT2D eigenvalue weighted by Crippen LogP contribution is 2.28. The predicted octanol–water partition coefficient (Wildman–Crippen LogP) is -0.721. The lowest BCUT2D eigenvalue weighted by molar-refractivity contribution is -0.142. The molecule has 7 heteroatoms. The van der Waals surface area contributed by atoms with Crippen molar-refractivity contribution in [2.45, 2.75) is 6.10 Å². The van der Waals surface area contributed by atoms with Crippen molar-refractivity contribution in [3.8, 4) is 5.75 Å². The first-order chi connectivity index (χ1) is 10.1. The van der Waals surface area contributed by atoms with Gasteiger partial charge in [-0.15, -0.1) is 0 Å². The molecule has 0 spiro atoms. The molecule has 1 atom stereocenters. The Kier molecular flexibility index (Phi) is 4.87. The van der Waals surface area contributed by atoms with Crippen molar-refractivity contribution in [3.05, 3.63) is 18.2 Å². The number of carbonyl (C=O) groups excluding carboxylic acids is 1. The average Bonchev–Trinajstić information content (AvgIpc) is 2.54. The number of piperazine rings is 1. The lowest BCUT2D eigenvalue weighted by Crippen LogP contribution is -2.52. The Morgan fingerprint density at radius 3 is 2.62 bits per heavy atom. The molecule has 7 nitrogen and oxygen atoms in total. The molecule has 0 aliphatic carbocycles. The number of nitrogens with zero attached hydrogens (tertiary/aromatic N) is 2. The van der Waals surface area contributed by atoms with E-state index in [0.29, 0.717) is 37.6 Å². The lowest BCUT2D eigenvalue weighted by Gasteiger charge is -2.36. The van der Waals surface area contributed by atoms with Gasteiger partial charge in [0, 0.05) is 37.9 Å². The molecule has 1 amide bonds. The molecule has 0 aromatic heterocycles. The molecule has 21 heavy (non-hydrogen) atoms. The van der Waals surface area contributed by atoms with Gasteiger partial charge in [-0.3, -0.25) is 4.79 Å². The van der Waals surface area contributed by atoms with E-state index >= 15 is 0 Å². The molecule has 1 saturated heterocycles. The first-order valence-electron chi connectivity index (χ1n) is 6.83. The molecular formula is C14H21N3O4. The molecule has 0 unspecified atom stereocenters. The highest BCUT2D eigenvalue weighted by molar-refractivity contribution is 5.81. The highest BCUT2D eigenvalue weighted by Gasteiger charge is 2.25. The maximum absolute atomic E-state index is 11.8. The number of nitrogens with two attached hydrogens (primary N) is 1. The van der Waals surface area contributed by atoms with E-state index in [2.05, 4.69) is 4.90 Å². The van der Waals surface area contributed by atoms with E-state index < -0.39 is 18.6 Å². The second-order valence-corrected chi connectivity index (χ2v) is 4.94. The number of methoxy groups -OCH3 is 1. The fourth-order valence-corrected chi connectivity index (χ4v) is 2.37. The molecule has 1 aliphatic heterocycles. The number of hydrogen-bond acceptors (Lipinski definition) is 6. The van der Waals surface area contributed by atoms with Crippen LogP contribution in [0.25, 0.3) is 0 Å². The predicted molar refractivity (Wildman–Crippen MR) is 79.3 cm³/mol. The van der Waals surface area contributed by atoms with Crippen LogP contribution in [0.3, 0.4) is 0 Å². The van der Waals surface area contributed by atoms with Crippen LogP contribution in [0.15, 0.2) is 18.2 Å². The topological polar surface area (TPSA) is 99.3 Å². The molecule has 2 rings (SSSR count). The van der Waals surface area contributed by atoms with Crippen LogP contribution in [0.1, 0.15) is 0 Å². The molecule has 0 saturated carbocycles. The Bertz CT molecular complexity index is 501. The standard InChI is InChI=1S/C14H21N3O4/c1-21-13-8-10(2-3-11(13)15)16-4-6-17(7-5-16)14(20)12(19)9-18/h2-3,8,12,18-19H,4-7,9,15H2,1H3/t12-/m0/s1. The van der Waals surface area contributed by atoms with E-state index in [1.54, 1.807) is 18.1 Å². The quantitative estimate of drug-likeness (QED) is 0.634. The number of amides is 1. The Morgan fingerprint density at radius 2 is 2.05 bits per heavy atom. The van der Waals surface area contributed by atoms with Crippen LogP contribution in [-0.4, -0.2) is 67.0 Å². The van der Waals surface area contributed by atoms with E-state index in [1.807, 2.05) is 12.1 Å². The number of aliphatic hydroxyl groups excluding tert-OH is 2. The van der Waals surface area contributed by atoms with Gasteiger partial charge in [0.05, 0.1) is 19.4 Å². The summed E-state index contributed by atoms with van der Waals surface area (Å²) in [7, 11) is 1.57. The number of carbonyl (C=O) groups is 1. The number of anilines is 2. The van der Waals surface area contributed by atoms with Crippen LogP contribution in [0.2, 0.25) is 0 Å². The third kappa shape index (κ3) is 3.37. The zero-order valence-electron chi connectivity index (χ0n) is 12.0. The Hall–Kier alpha value is -1.99. The second kappa shape index (κ2) is 6.64. The summed E-state index contributed by atoms with van der Waals surface area (Å²) in [6.45, 7) is 1.76. The molecular weight excluding hydrogens is 274 g/mol. The average molecular weight is 295 g/mol. The minimum absolute atomic E-state index is 0.424. The van der Waals surface area contributed by atoms with Gasteiger partial charge in [0.25, 0.3) is 5.91 Å². The smallest absolute Gasteiger partial charge is 0.253 e. The van der Waals surface area contributed by atoms with Crippen LogP contribution in [0.4, 0.5) is 11.4 Å². The van der Waals surface area contributed by atoms with Gasteiger partial charge in [0.1, 0.15) is 5.75 Å². The summed E-state index contributed by atoms with van der Waals surface area (Å²) in [5.74, 6) is 0.203. The van der Waals surface area contributed by atoms with Crippen molar-refractivity contribution >= 4 is 17.3 Å². The zero-order chi connectivity index (χ0) is 15.4. The van der Waals surface area contributed by atoms with Crippen molar-refractivity contribution in [1.29, 1.82) is 0 Å². The second-order valence-electron chi connectivity index (χ2n) is 4.94. The maximum atomic E-state index is 11.8. The number of nitrogen functional groups attached to an aromatic ring is 1. The van der Waals surface area contributed by atoms with Crippen molar-refractivity contribution < 1.29 is 19.7 Å². The summed E-state index contributed by atoms with van der Waals surface area (Å²) in [4.78, 5) is 15.5. The normalized spacial score (nSPS) is 16.7. The summed E-state index contributed by atoms with van der Waals surface area (Å²) in [6.07, 6.45) is -1.33. The Balaban J connectivity index is 1.99. The number of benzene rings is 1. The van der Waals surface area contributed by atoms with Crippen LogP contribution in [0.5, 0.6) is 5.75 Å². The third-order valence-electron chi connectivity index (χ3n) is 3.63. The number of hydrogen-bond donors (Lipinski definition) is 3. The largest absolute Gasteiger partial charge is 0.495 e. The van der Waals surface area contributed by atoms with Gasteiger partial charge >= 0.3 is 0 Å². The number of rotatable bonds is 4. The van der Waals surface area contributed by atoms with Crippen LogP contribution < -0.4 is 15.4 Å². The summed E-state index contributed by atoms with van der Waals surface area (Å²) < 4.78 is 5.20. The first kappa shape index (κ1) is 15.4. The van der Waals surface area contributed by atoms with E-state index in [0.717, 1.165) is 5.69 Å². The lowest BCUT2D eigenvalue weighted by atomic mass is 10.2. The van der Waals surface area contributed by atoms with E-state index in [1.165, 1.54) is 0 Å². The number of aliphatic hydroxyl groups is 2. The molecule has 116 valence electrons. The molecule has 1 heterocycles. The van der Waals surface area contributed by atoms with Crippen molar-refractivity contribution in [3.63, 3.8) is 0 Å². The maximum Gasteiger partial charge on any atom is 0.253 e. The highest BCUT2D eigenvalue weighted by atomic mass is 16.5. The van der Waals surface area contributed by atoms with Gasteiger partial charge in [0.2, 0.25) is 0 Å². The van der Waals surface area contributed by atoms with Crippen LogP contribution in [0, 0.1) is 0 Å². The SMILES string of the molecule is COc1cc(N2CCN(C(=O)[C@@H](O)CO)CC2)ccc1N. The number of ether oxygens (including phenoxy) is 1. The molecule has 1 aliphatic rings. The fourth-order valence-electron chi connectivity index (χ4n) is 2.37. The summed E-state index contributed by atoms with van der Waals surface area (Å²) in [6, 6.07) is 5.58. The monoisotopic (exact) mass is 295 g/mol. The van der Waals surface area contributed by atoms with Gasteiger partial charge in [-0.2, -0.15) is 0 Å².